The average Bonchev–Trinajstić information content (AvgIpc) is 3.31. The highest BCUT2D eigenvalue weighted by Gasteiger charge is 2.45. The number of nitrogens with zero attached hydrogens (tertiary/aromatic N) is 3. The van der Waals surface area contributed by atoms with Gasteiger partial charge < -0.3 is 14.4 Å². The van der Waals surface area contributed by atoms with Gasteiger partial charge in [0.15, 0.2) is 0 Å². The summed E-state index contributed by atoms with van der Waals surface area (Å²) in [5.74, 6) is 0.00165. The first kappa shape index (κ1) is 16.6. The Balaban J connectivity index is 1.35. The molecule has 0 aromatic carbocycles. The summed E-state index contributed by atoms with van der Waals surface area (Å²) in [6, 6.07) is 5.81. The molecule has 0 aliphatic carbocycles. The minimum Gasteiger partial charge on any atom is -0.370 e. The van der Waals surface area contributed by atoms with E-state index in [0.717, 1.165) is 31.5 Å². The van der Waals surface area contributed by atoms with E-state index in [2.05, 4.69) is 9.97 Å². The van der Waals surface area contributed by atoms with Gasteiger partial charge in [-0.15, -0.1) is 11.3 Å². The molecule has 4 rings (SSSR count). The maximum absolute atomic E-state index is 12.6. The smallest absolute Gasteiger partial charge is 0.273 e. The number of pyridine rings is 1. The van der Waals surface area contributed by atoms with Crippen LogP contribution in [0.4, 0.5) is 0 Å². The summed E-state index contributed by atoms with van der Waals surface area (Å²) in [5.41, 5.74) is 2.87. The van der Waals surface area contributed by atoms with Crippen molar-refractivity contribution in [2.45, 2.75) is 37.6 Å². The zero-order chi connectivity index (χ0) is 17.1. The number of hydrogen-bond acceptors (Lipinski definition) is 6. The fourth-order valence-corrected chi connectivity index (χ4v) is 4.16. The molecule has 132 valence electrons. The van der Waals surface area contributed by atoms with E-state index in [1.807, 2.05) is 23.1 Å². The molecule has 7 heteroatoms. The van der Waals surface area contributed by atoms with Crippen molar-refractivity contribution in [3.8, 4) is 0 Å². The number of carbonyl (C=O) groups is 1. The summed E-state index contributed by atoms with van der Waals surface area (Å²) < 4.78 is 12.1. The van der Waals surface area contributed by atoms with Crippen molar-refractivity contribution in [1.82, 2.24) is 14.9 Å². The van der Waals surface area contributed by atoms with Gasteiger partial charge in [0, 0.05) is 24.5 Å². The van der Waals surface area contributed by atoms with Gasteiger partial charge in [0.1, 0.15) is 5.69 Å². The molecule has 2 saturated heterocycles. The molecule has 0 radical (unpaired) electrons. The Bertz CT molecular complexity index is 710. The number of likely N-dealkylation sites (tertiary alicyclic amines) is 1. The number of carbonyl (C=O) groups excluding carboxylic acids is 1. The summed E-state index contributed by atoms with van der Waals surface area (Å²) >= 11 is 1.44. The summed E-state index contributed by atoms with van der Waals surface area (Å²) in [4.78, 5) is 22.9. The van der Waals surface area contributed by atoms with E-state index >= 15 is 0 Å². The average molecular weight is 359 g/mol. The van der Waals surface area contributed by atoms with Crippen LogP contribution in [0.2, 0.25) is 0 Å². The Labute approximate surface area is 150 Å². The molecule has 0 bridgehead atoms. The van der Waals surface area contributed by atoms with Crippen LogP contribution in [-0.2, 0) is 16.1 Å². The highest BCUT2D eigenvalue weighted by atomic mass is 32.1. The van der Waals surface area contributed by atoms with Crippen LogP contribution in [0.3, 0.4) is 0 Å². The van der Waals surface area contributed by atoms with Crippen LogP contribution in [0.15, 0.2) is 35.3 Å². The van der Waals surface area contributed by atoms with Crippen molar-refractivity contribution in [2.75, 3.05) is 19.7 Å². The molecular formula is C18H21N3O3S. The first-order chi connectivity index (χ1) is 12.2. The van der Waals surface area contributed by atoms with Crippen molar-refractivity contribution in [3.63, 3.8) is 0 Å². The number of aromatic nitrogens is 2. The molecule has 0 saturated carbocycles. The first-order valence-corrected chi connectivity index (χ1v) is 9.51. The molecule has 25 heavy (non-hydrogen) atoms. The van der Waals surface area contributed by atoms with Crippen molar-refractivity contribution in [3.05, 3.63) is 46.7 Å². The SMILES string of the molecule is O=C(c1cscn1)N1CCC[C@]2(C[C@@H](OCc3ccccn3)CO2)C1. The lowest BCUT2D eigenvalue weighted by Gasteiger charge is -2.39. The maximum Gasteiger partial charge on any atom is 0.273 e. The zero-order valence-electron chi connectivity index (χ0n) is 14.0. The lowest BCUT2D eigenvalue weighted by Crippen LogP contribution is -2.50. The zero-order valence-corrected chi connectivity index (χ0v) is 14.8. The van der Waals surface area contributed by atoms with Crippen molar-refractivity contribution >= 4 is 17.2 Å². The van der Waals surface area contributed by atoms with Gasteiger partial charge in [0.05, 0.1) is 42.7 Å². The normalized spacial score (nSPS) is 26.2. The van der Waals surface area contributed by atoms with Crippen LogP contribution in [0.1, 0.15) is 35.4 Å². The van der Waals surface area contributed by atoms with Gasteiger partial charge >= 0.3 is 0 Å². The van der Waals surface area contributed by atoms with Crippen molar-refractivity contribution in [2.24, 2.45) is 0 Å². The molecule has 2 aromatic heterocycles. The number of ether oxygens (including phenoxy) is 2. The molecule has 2 atom stereocenters. The van der Waals surface area contributed by atoms with Gasteiger partial charge in [-0.2, -0.15) is 0 Å². The fraction of sp³-hybridized carbons (Fsp3) is 0.500. The molecule has 2 fully saturated rings. The molecular weight excluding hydrogens is 338 g/mol. The Kier molecular flexibility index (Phi) is 4.78. The Hall–Kier alpha value is -1.83. The molecule has 2 aliphatic heterocycles. The van der Waals surface area contributed by atoms with Crippen molar-refractivity contribution < 1.29 is 14.3 Å². The van der Waals surface area contributed by atoms with Crippen LogP contribution in [0.5, 0.6) is 0 Å². The summed E-state index contributed by atoms with van der Waals surface area (Å²) in [7, 11) is 0. The third kappa shape index (κ3) is 3.73. The highest BCUT2D eigenvalue weighted by molar-refractivity contribution is 7.07. The van der Waals surface area contributed by atoms with Gasteiger partial charge in [-0.25, -0.2) is 4.98 Å². The first-order valence-electron chi connectivity index (χ1n) is 8.57. The largest absolute Gasteiger partial charge is 0.370 e. The second-order valence-electron chi connectivity index (χ2n) is 6.66. The third-order valence-corrected chi connectivity index (χ3v) is 5.43. The molecule has 4 heterocycles. The topological polar surface area (TPSA) is 64.6 Å². The lowest BCUT2D eigenvalue weighted by atomic mass is 9.89. The highest BCUT2D eigenvalue weighted by Crippen LogP contribution is 2.36. The Morgan fingerprint density at radius 3 is 3.20 bits per heavy atom. The van der Waals surface area contributed by atoms with E-state index in [4.69, 9.17) is 9.47 Å². The number of piperidine rings is 1. The molecule has 1 spiro atoms. The molecule has 2 aromatic rings. The molecule has 0 unspecified atom stereocenters. The number of amides is 1. The van der Waals surface area contributed by atoms with Gasteiger partial charge in [-0.3, -0.25) is 9.78 Å². The molecule has 6 nitrogen and oxygen atoms in total. The van der Waals surface area contributed by atoms with Gasteiger partial charge in [-0.1, -0.05) is 6.07 Å². The van der Waals surface area contributed by atoms with Crippen LogP contribution >= 0.6 is 11.3 Å². The van der Waals surface area contributed by atoms with E-state index in [0.29, 0.717) is 25.5 Å². The summed E-state index contributed by atoms with van der Waals surface area (Å²) in [6.45, 7) is 2.45. The van der Waals surface area contributed by atoms with E-state index in [9.17, 15) is 4.79 Å². The Morgan fingerprint density at radius 1 is 1.44 bits per heavy atom. The van der Waals surface area contributed by atoms with Gasteiger partial charge in [0.2, 0.25) is 0 Å². The number of hydrogen-bond donors (Lipinski definition) is 0. The van der Waals surface area contributed by atoms with Gasteiger partial charge in [-0.05, 0) is 25.0 Å². The second kappa shape index (κ2) is 7.19. The van der Waals surface area contributed by atoms with Crippen molar-refractivity contribution in [1.29, 1.82) is 0 Å². The fourth-order valence-electron chi connectivity index (χ4n) is 3.63. The standard InChI is InChI=1S/C18H21N3O3S/c22-17(16-11-25-13-20-16)21-7-3-5-18(12-21)8-15(10-24-18)23-9-14-4-1-2-6-19-14/h1-2,4,6,11,13,15H,3,5,7-10,12H2/t15-,18+/m1/s1. The molecule has 1 amide bonds. The lowest BCUT2D eigenvalue weighted by molar-refractivity contribution is -0.0467. The van der Waals surface area contributed by atoms with E-state index < -0.39 is 0 Å². The second-order valence-corrected chi connectivity index (χ2v) is 7.37. The van der Waals surface area contributed by atoms with E-state index in [-0.39, 0.29) is 17.6 Å². The monoisotopic (exact) mass is 359 g/mol. The Morgan fingerprint density at radius 2 is 2.40 bits per heavy atom. The minimum atomic E-state index is -0.279. The predicted molar refractivity (Wildman–Crippen MR) is 93.4 cm³/mol. The molecule has 0 N–H and O–H groups in total. The van der Waals surface area contributed by atoms with Crippen LogP contribution in [-0.4, -0.2) is 52.2 Å². The minimum absolute atomic E-state index is 0.00165. The maximum atomic E-state index is 12.6. The van der Waals surface area contributed by atoms with E-state index in [1.54, 1.807) is 17.1 Å². The summed E-state index contributed by atoms with van der Waals surface area (Å²) in [6.07, 6.45) is 4.56. The van der Waals surface area contributed by atoms with Crippen LogP contribution in [0.25, 0.3) is 0 Å². The number of thiazole rings is 1. The van der Waals surface area contributed by atoms with Gasteiger partial charge in [0.25, 0.3) is 5.91 Å². The third-order valence-electron chi connectivity index (χ3n) is 4.85. The van der Waals surface area contributed by atoms with Crippen LogP contribution < -0.4 is 0 Å². The van der Waals surface area contributed by atoms with E-state index in [1.165, 1.54) is 11.3 Å². The molecule has 2 aliphatic rings. The predicted octanol–water partition coefficient (Wildman–Crippen LogP) is 2.52. The summed E-state index contributed by atoms with van der Waals surface area (Å²) in [5, 5.41) is 1.80. The van der Waals surface area contributed by atoms with Crippen LogP contribution in [0, 0.1) is 0 Å². The number of rotatable bonds is 4. The quantitative estimate of drug-likeness (QED) is 0.839.